The number of rotatable bonds is 7. The van der Waals surface area contributed by atoms with Crippen LogP contribution in [0.1, 0.15) is 52.4 Å². The molecule has 4 atom stereocenters. The van der Waals surface area contributed by atoms with Crippen molar-refractivity contribution in [2.24, 2.45) is 5.92 Å². The van der Waals surface area contributed by atoms with Crippen LogP contribution in [-0.2, 0) is 9.47 Å². The predicted octanol–water partition coefficient (Wildman–Crippen LogP) is 2.10. The van der Waals surface area contributed by atoms with E-state index in [9.17, 15) is 5.11 Å². The minimum atomic E-state index is -0.422. The fraction of sp³-hybridized carbons (Fsp3) is 1.00. The van der Waals surface area contributed by atoms with Crippen LogP contribution < -0.4 is 5.32 Å². The molecule has 2 rings (SSSR count). The van der Waals surface area contributed by atoms with Crippen LogP contribution >= 0.6 is 0 Å². The Morgan fingerprint density at radius 2 is 2.15 bits per heavy atom. The summed E-state index contributed by atoms with van der Waals surface area (Å²) in [6, 6.07) is 0. The largest absolute Gasteiger partial charge is 0.389 e. The monoisotopic (exact) mass is 285 g/mol. The first-order valence-electron chi connectivity index (χ1n) is 8.23. The molecule has 1 aliphatic heterocycles. The molecular formula is C16H31NO3. The van der Waals surface area contributed by atoms with Crippen molar-refractivity contribution in [3.63, 3.8) is 0 Å². The van der Waals surface area contributed by atoms with Crippen molar-refractivity contribution in [3.05, 3.63) is 0 Å². The van der Waals surface area contributed by atoms with Gasteiger partial charge in [0, 0.05) is 19.7 Å². The summed E-state index contributed by atoms with van der Waals surface area (Å²) in [6.45, 7) is 7.10. The van der Waals surface area contributed by atoms with E-state index in [1.807, 2.05) is 0 Å². The van der Waals surface area contributed by atoms with Crippen molar-refractivity contribution in [3.8, 4) is 0 Å². The maximum Gasteiger partial charge on any atom is 0.0897 e. The van der Waals surface area contributed by atoms with Crippen LogP contribution in [0.4, 0.5) is 0 Å². The third-order valence-electron chi connectivity index (χ3n) is 4.71. The minimum Gasteiger partial charge on any atom is -0.389 e. The molecule has 1 aliphatic carbocycles. The van der Waals surface area contributed by atoms with E-state index in [0.29, 0.717) is 25.2 Å². The van der Waals surface area contributed by atoms with Crippen molar-refractivity contribution < 1.29 is 14.6 Å². The topological polar surface area (TPSA) is 50.7 Å². The summed E-state index contributed by atoms with van der Waals surface area (Å²) in [5.74, 6) is 0.634. The molecule has 1 heterocycles. The second-order valence-corrected chi connectivity index (χ2v) is 6.82. The molecule has 2 aliphatic rings. The van der Waals surface area contributed by atoms with E-state index in [1.165, 1.54) is 19.3 Å². The molecule has 20 heavy (non-hydrogen) atoms. The van der Waals surface area contributed by atoms with Gasteiger partial charge in [-0.05, 0) is 38.5 Å². The Hall–Kier alpha value is -0.160. The molecule has 2 N–H and O–H groups in total. The van der Waals surface area contributed by atoms with Gasteiger partial charge in [0.25, 0.3) is 0 Å². The van der Waals surface area contributed by atoms with E-state index >= 15 is 0 Å². The lowest BCUT2D eigenvalue weighted by molar-refractivity contribution is -0.0468. The highest BCUT2D eigenvalue weighted by Crippen LogP contribution is 2.26. The van der Waals surface area contributed by atoms with Gasteiger partial charge in [-0.1, -0.05) is 19.8 Å². The summed E-state index contributed by atoms with van der Waals surface area (Å²) in [4.78, 5) is 0. The standard InChI is InChI=1S/C16H31NO3/c1-13-6-3-4-7-15(13)19-11-14(18)10-17-12-16(2)8-5-9-20-16/h13-15,17-18H,3-12H2,1-2H3. The molecule has 0 aromatic rings. The van der Waals surface area contributed by atoms with Gasteiger partial charge in [0.15, 0.2) is 0 Å². The SMILES string of the molecule is CC1CCCCC1OCC(O)CNCC1(C)CCCO1. The van der Waals surface area contributed by atoms with Gasteiger partial charge in [-0.2, -0.15) is 0 Å². The summed E-state index contributed by atoms with van der Waals surface area (Å²) in [6.07, 6.45) is 7.16. The molecule has 2 fully saturated rings. The fourth-order valence-electron chi connectivity index (χ4n) is 3.30. The molecule has 0 spiro atoms. The van der Waals surface area contributed by atoms with Gasteiger partial charge in [0.2, 0.25) is 0 Å². The second-order valence-electron chi connectivity index (χ2n) is 6.82. The third kappa shape index (κ3) is 4.99. The number of ether oxygens (including phenoxy) is 2. The number of nitrogens with one attached hydrogen (secondary N) is 1. The quantitative estimate of drug-likeness (QED) is 0.752. The molecule has 0 aromatic carbocycles. The Bertz CT molecular complexity index is 279. The average Bonchev–Trinajstić information content (AvgIpc) is 2.85. The summed E-state index contributed by atoms with van der Waals surface area (Å²) < 4.78 is 11.6. The number of aliphatic hydroxyl groups is 1. The molecule has 118 valence electrons. The summed E-state index contributed by atoms with van der Waals surface area (Å²) in [5.41, 5.74) is -0.0432. The van der Waals surface area contributed by atoms with Crippen molar-refractivity contribution >= 4 is 0 Å². The van der Waals surface area contributed by atoms with Gasteiger partial charge in [-0.15, -0.1) is 0 Å². The van der Waals surface area contributed by atoms with Gasteiger partial charge >= 0.3 is 0 Å². The van der Waals surface area contributed by atoms with E-state index in [4.69, 9.17) is 9.47 Å². The maximum absolute atomic E-state index is 10.00. The predicted molar refractivity (Wildman–Crippen MR) is 79.8 cm³/mol. The van der Waals surface area contributed by atoms with E-state index in [1.54, 1.807) is 0 Å². The molecule has 4 nitrogen and oxygen atoms in total. The molecule has 1 saturated carbocycles. The van der Waals surface area contributed by atoms with Crippen molar-refractivity contribution in [2.45, 2.75) is 70.2 Å². The second kappa shape index (κ2) is 7.74. The normalized spacial score (nSPS) is 36.1. The summed E-state index contributed by atoms with van der Waals surface area (Å²) >= 11 is 0. The van der Waals surface area contributed by atoms with Crippen molar-refractivity contribution in [2.75, 3.05) is 26.3 Å². The molecule has 0 amide bonds. The lowest BCUT2D eigenvalue weighted by Crippen LogP contribution is -2.41. The molecule has 4 unspecified atom stereocenters. The van der Waals surface area contributed by atoms with Gasteiger partial charge in [0.1, 0.15) is 0 Å². The van der Waals surface area contributed by atoms with Crippen LogP contribution in [0, 0.1) is 5.92 Å². The van der Waals surface area contributed by atoms with Gasteiger partial charge < -0.3 is 19.9 Å². The molecule has 0 bridgehead atoms. The lowest BCUT2D eigenvalue weighted by atomic mass is 9.88. The van der Waals surface area contributed by atoms with Crippen LogP contribution in [0.5, 0.6) is 0 Å². The Balaban J connectivity index is 1.57. The maximum atomic E-state index is 10.00. The van der Waals surface area contributed by atoms with Crippen LogP contribution in [0.3, 0.4) is 0 Å². The summed E-state index contributed by atoms with van der Waals surface area (Å²) in [5, 5.41) is 13.3. The number of hydrogen-bond acceptors (Lipinski definition) is 4. The highest BCUT2D eigenvalue weighted by Gasteiger charge is 2.29. The van der Waals surface area contributed by atoms with Crippen molar-refractivity contribution in [1.82, 2.24) is 5.32 Å². The van der Waals surface area contributed by atoms with E-state index in [0.717, 1.165) is 32.4 Å². The van der Waals surface area contributed by atoms with Crippen LogP contribution in [-0.4, -0.2) is 49.2 Å². The number of hydrogen-bond donors (Lipinski definition) is 2. The van der Waals surface area contributed by atoms with E-state index < -0.39 is 6.10 Å². The Kier molecular flexibility index (Phi) is 6.27. The zero-order valence-electron chi connectivity index (χ0n) is 13.1. The molecule has 4 heteroatoms. The Morgan fingerprint density at radius 1 is 1.35 bits per heavy atom. The molecule has 0 aromatic heterocycles. The zero-order valence-corrected chi connectivity index (χ0v) is 13.1. The van der Waals surface area contributed by atoms with Crippen LogP contribution in [0.15, 0.2) is 0 Å². The first kappa shape index (κ1) is 16.2. The van der Waals surface area contributed by atoms with Gasteiger partial charge in [-0.3, -0.25) is 0 Å². The Morgan fingerprint density at radius 3 is 2.85 bits per heavy atom. The third-order valence-corrected chi connectivity index (χ3v) is 4.71. The highest BCUT2D eigenvalue weighted by atomic mass is 16.5. The molecule has 0 radical (unpaired) electrons. The highest BCUT2D eigenvalue weighted by molar-refractivity contribution is 4.82. The fourth-order valence-corrected chi connectivity index (χ4v) is 3.30. The van der Waals surface area contributed by atoms with E-state index in [2.05, 4.69) is 19.2 Å². The first-order chi connectivity index (χ1) is 9.59. The first-order valence-corrected chi connectivity index (χ1v) is 8.23. The molecule has 1 saturated heterocycles. The van der Waals surface area contributed by atoms with Gasteiger partial charge in [0.05, 0.1) is 24.4 Å². The van der Waals surface area contributed by atoms with Gasteiger partial charge in [-0.25, -0.2) is 0 Å². The number of aliphatic hydroxyl groups excluding tert-OH is 1. The minimum absolute atomic E-state index is 0.0432. The van der Waals surface area contributed by atoms with Crippen LogP contribution in [0.2, 0.25) is 0 Å². The Labute approximate surface area is 123 Å². The average molecular weight is 285 g/mol. The molecular weight excluding hydrogens is 254 g/mol. The van der Waals surface area contributed by atoms with E-state index in [-0.39, 0.29) is 5.60 Å². The summed E-state index contributed by atoms with van der Waals surface area (Å²) in [7, 11) is 0. The van der Waals surface area contributed by atoms with Crippen LogP contribution in [0.25, 0.3) is 0 Å². The lowest BCUT2D eigenvalue weighted by Gasteiger charge is -2.30. The van der Waals surface area contributed by atoms with Crippen molar-refractivity contribution in [1.29, 1.82) is 0 Å². The zero-order chi connectivity index (χ0) is 14.4. The smallest absolute Gasteiger partial charge is 0.0897 e.